The molecule has 2 unspecified atom stereocenters. The van der Waals surface area contributed by atoms with Gasteiger partial charge in [0.2, 0.25) is 0 Å². The Morgan fingerprint density at radius 2 is 0.724 bits per heavy atom. The van der Waals surface area contributed by atoms with E-state index in [-0.39, 0.29) is 38.6 Å². The summed E-state index contributed by atoms with van der Waals surface area (Å²) in [5.41, 5.74) is 5.38. The van der Waals surface area contributed by atoms with E-state index < -0.39 is 26.5 Å². The first-order chi connectivity index (χ1) is 37.3. The summed E-state index contributed by atoms with van der Waals surface area (Å²) in [5.74, 6) is -0.835. The molecule has 0 aliphatic rings. The maximum atomic E-state index is 12.7. The molecule has 0 rings (SSSR count). The van der Waals surface area contributed by atoms with Crippen molar-refractivity contribution >= 4 is 19.8 Å². The van der Waals surface area contributed by atoms with Gasteiger partial charge in [0.15, 0.2) is 6.10 Å². The molecule has 0 heterocycles. The lowest BCUT2D eigenvalue weighted by molar-refractivity contribution is -0.161. The molecule has 0 aliphatic heterocycles. The van der Waals surface area contributed by atoms with Crippen LogP contribution in [0, 0.1) is 0 Å². The van der Waals surface area contributed by atoms with E-state index in [0.29, 0.717) is 6.42 Å². The molecule has 0 saturated carbocycles. The van der Waals surface area contributed by atoms with Crippen molar-refractivity contribution in [1.82, 2.24) is 0 Å². The Balaban J connectivity index is 3.92. The van der Waals surface area contributed by atoms with Crippen LogP contribution in [-0.4, -0.2) is 49.3 Å². The van der Waals surface area contributed by atoms with Crippen molar-refractivity contribution in [3.05, 3.63) is 109 Å². The molecule has 3 N–H and O–H groups in total. The summed E-state index contributed by atoms with van der Waals surface area (Å²) in [6, 6.07) is 0. The van der Waals surface area contributed by atoms with Crippen molar-refractivity contribution in [2.75, 3.05) is 26.4 Å². The molecule has 436 valence electrons. The van der Waals surface area contributed by atoms with Crippen LogP contribution in [0.15, 0.2) is 109 Å². The number of ether oxygens (including phenoxy) is 2. The van der Waals surface area contributed by atoms with Gasteiger partial charge in [-0.1, -0.05) is 258 Å². The Morgan fingerprint density at radius 1 is 0.408 bits per heavy atom. The third-order valence-electron chi connectivity index (χ3n) is 12.9. The predicted octanol–water partition coefficient (Wildman–Crippen LogP) is 19.8. The smallest absolute Gasteiger partial charge is 0.462 e. The minimum atomic E-state index is -4.39. The third kappa shape index (κ3) is 59.9. The lowest BCUT2D eigenvalue weighted by atomic mass is 10.0. The predicted molar refractivity (Wildman–Crippen MR) is 325 cm³/mol. The monoisotopic (exact) mass is 1080 g/mol. The van der Waals surface area contributed by atoms with Crippen LogP contribution in [0.3, 0.4) is 0 Å². The van der Waals surface area contributed by atoms with Crippen LogP contribution in [0.25, 0.3) is 0 Å². The molecule has 10 heteroatoms. The highest BCUT2D eigenvalue weighted by Gasteiger charge is 2.26. The Kier molecular flexibility index (Phi) is 58.2. The third-order valence-corrected chi connectivity index (χ3v) is 13.9. The van der Waals surface area contributed by atoms with Crippen molar-refractivity contribution in [2.45, 2.75) is 270 Å². The van der Waals surface area contributed by atoms with Crippen molar-refractivity contribution in [2.24, 2.45) is 5.73 Å². The molecular formula is C66H114NO8P. The van der Waals surface area contributed by atoms with E-state index in [1.807, 2.05) is 0 Å². The van der Waals surface area contributed by atoms with Gasteiger partial charge < -0.3 is 20.1 Å². The number of unbranched alkanes of at least 4 members (excludes halogenated alkanes) is 26. The van der Waals surface area contributed by atoms with Crippen LogP contribution in [0.5, 0.6) is 0 Å². The fraction of sp³-hybridized carbons (Fsp3) is 0.697. The van der Waals surface area contributed by atoms with Gasteiger partial charge in [-0.15, -0.1) is 0 Å². The number of carbonyl (C=O) groups is 2. The van der Waals surface area contributed by atoms with E-state index in [2.05, 4.69) is 123 Å². The Labute approximate surface area is 467 Å². The topological polar surface area (TPSA) is 134 Å². The standard InChI is InChI=1S/C66H114NO8P/c1-3-5-7-9-11-13-15-17-19-21-23-24-25-26-27-28-29-30-31-32-33-34-35-36-37-38-39-40-41-43-45-47-49-51-53-55-57-59-66(69)75-64(63-74-76(70,71)73-61-60-67)62-72-65(68)58-56-54-52-50-48-46-44-42-22-20-18-16-14-12-10-8-6-4-2/h5,7,11,13-14,16-17,19-20,22-24,26-27,29-30,32-33,64H,3-4,6,8-10,12,15,18,21,25,28,31,34-63,67H2,1-2H3,(H,70,71)/b7-5-,13-11-,16-14-,19-17-,22-20-,24-23-,27-26-,30-29-,33-32-. The average Bonchev–Trinajstić information content (AvgIpc) is 3.41. The van der Waals surface area contributed by atoms with Gasteiger partial charge in [-0.2, -0.15) is 0 Å². The summed E-state index contributed by atoms with van der Waals surface area (Å²) in [7, 11) is -4.39. The SMILES string of the molecule is CC/C=C\C/C=C\C/C=C\C/C=C\C/C=C\C/C=C\C/C=C\CCCCCCCCCCCCCCCCCC(=O)OC(COC(=O)CCCCCCCCC/C=C\C/C=C\CCCCCC)COP(=O)(O)OCCN. The van der Waals surface area contributed by atoms with E-state index in [4.69, 9.17) is 24.3 Å². The summed E-state index contributed by atoms with van der Waals surface area (Å²) in [6.07, 6.45) is 83.0. The zero-order chi connectivity index (χ0) is 55.2. The second-order valence-electron chi connectivity index (χ2n) is 20.2. The fourth-order valence-electron chi connectivity index (χ4n) is 8.35. The first-order valence-corrected chi connectivity index (χ1v) is 32.4. The summed E-state index contributed by atoms with van der Waals surface area (Å²) in [4.78, 5) is 35.2. The van der Waals surface area contributed by atoms with Crippen molar-refractivity contribution < 1.29 is 37.6 Å². The highest BCUT2D eigenvalue weighted by atomic mass is 31.2. The van der Waals surface area contributed by atoms with Crippen LogP contribution in [0.2, 0.25) is 0 Å². The van der Waals surface area contributed by atoms with Crippen LogP contribution in [0.4, 0.5) is 0 Å². The molecule has 0 amide bonds. The molecule has 0 bridgehead atoms. The number of esters is 2. The first-order valence-electron chi connectivity index (χ1n) is 30.9. The number of phosphoric ester groups is 1. The summed E-state index contributed by atoms with van der Waals surface area (Å²) in [5, 5.41) is 0. The minimum absolute atomic E-state index is 0.0488. The molecule has 0 aliphatic carbocycles. The van der Waals surface area contributed by atoms with Crippen LogP contribution < -0.4 is 5.73 Å². The second-order valence-corrected chi connectivity index (χ2v) is 21.6. The number of nitrogens with two attached hydrogens (primary N) is 1. The first kappa shape index (κ1) is 72.7. The lowest BCUT2D eigenvalue weighted by Gasteiger charge is -2.19. The number of allylic oxidation sites excluding steroid dienone is 18. The van der Waals surface area contributed by atoms with E-state index >= 15 is 0 Å². The molecule has 0 fully saturated rings. The highest BCUT2D eigenvalue weighted by molar-refractivity contribution is 7.47. The molecule has 9 nitrogen and oxygen atoms in total. The van der Waals surface area contributed by atoms with Gasteiger partial charge in [-0.3, -0.25) is 18.6 Å². The summed E-state index contributed by atoms with van der Waals surface area (Å²) >= 11 is 0. The van der Waals surface area contributed by atoms with E-state index in [9.17, 15) is 19.0 Å². The van der Waals surface area contributed by atoms with Gasteiger partial charge >= 0.3 is 19.8 Å². The van der Waals surface area contributed by atoms with Crippen molar-refractivity contribution in [3.63, 3.8) is 0 Å². The van der Waals surface area contributed by atoms with E-state index in [1.165, 1.54) is 128 Å². The number of hydrogen-bond acceptors (Lipinski definition) is 8. The van der Waals surface area contributed by atoms with Gasteiger partial charge in [0, 0.05) is 19.4 Å². The maximum absolute atomic E-state index is 12.7. The van der Waals surface area contributed by atoms with Crippen molar-refractivity contribution in [3.8, 4) is 0 Å². The molecule has 0 aromatic rings. The van der Waals surface area contributed by atoms with E-state index in [0.717, 1.165) is 103 Å². The van der Waals surface area contributed by atoms with Crippen LogP contribution in [0.1, 0.15) is 264 Å². The second kappa shape index (κ2) is 60.9. The molecule has 2 atom stereocenters. The van der Waals surface area contributed by atoms with Crippen LogP contribution in [-0.2, 0) is 32.7 Å². The molecular weight excluding hydrogens is 966 g/mol. The Morgan fingerprint density at radius 3 is 1.08 bits per heavy atom. The Bertz CT molecular complexity index is 1610. The quantitative estimate of drug-likeness (QED) is 0.0264. The largest absolute Gasteiger partial charge is 0.472 e. The molecule has 0 spiro atoms. The van der Waals surface area contributed by atoms with Crippen molar-refractivity contribution in [1.29, 1.82) is 0 Å². The van der Waals surface area contributed by atoms with Crippen LogP contribution >= 0.6 is 7.82 Å². The molecule has 0 aromatic heterocycles. The van der Waals surface area contributed by atoms with Gasteiger partial charge in [-0.25, -0.2) is 4.57 Å². The van der Waals surface area contributed by atoms with Gasteiger partial charge in [-0.05, 0) is 103 Å². The van der Waals surface area contributed by atoms with Gasteiger partial charge in [0.1, 0.15) is 6.61 Å². The maximum Gasteiger partial charge on any atom is 0.472 e. The minimum Gasteiger partial charge on any atom is -0.462 e. The van der Waals surface area contributed by atoms with Gasteiger partial charge in [0.05, 0.1) is 13.2 Å². The normalized spacial score (nSPS) is 13.8. The zero-order valence-electron chi connectivity index (χ0n) is 48.7. The molecule has 0 saturated heterocycles. The number of hydrogen-bond donors (Lipinski definition) is 2. The van der Waals surface area contributed by atoms with Gasteiger partial charge in [0.25, 0.3) is 0 Å². The number of phosphoric acid groups is 1. The number of carbonyl (C=O) groups excluding carboxylic acids is 2. The summed E-state index contributed by atoms with van der Waals surface area (Å²) in [6.45, 7) is 3.61. The molecule has 76 heavy (non-hydrogen) atoms. The Hall–Kier alpha value is -3.33. The lowest BCUT2D eigenvalue weighted by Crippen LogP contribution is -2.29. The molecule has 0 aromatic carbocycles. The molecule has 0 radical (unpaired) electrons. The highest BCUT2D eigenvalue weighted by Crippen LogP contribution is 2.43. The number of rotatable bonds is 57. The average molecular weight is 1080 g/mol. The zero-order valence-corrected chi connectivity index (χ0v) is 49.6. The van der Waals surface area contributed by atoms with E-state index in [1.54, 1.807) is 0 Å². The fourth-order valence-corrected chi connectivity index (χ4v) is 9.12. The summed E-state index contributed by atoms with van der Waals surface area (Å²) < 4.78 is 33.0.